The van der Waals surface area contributed by atoms with Gasteiger partial charge in [0.1, 0.15) is 5.82 Å². The van der Waals surface area contributed by atoms with Crippen molar-refractivity contribution in [3.05, 3.63) is 39.7 Å². The molecule has 1 aromatic heterocycles. The molecule has 0 spiro atoms. The maximum atomic E-state index is 13.0. The number of nitrogens with one attached hydrogen (secondary N) is 1. The van der Waals surface area contributed by atoms with Gasteiger partial charge in [-0.3, -0.25) is 4.72 Å². The summed E-state index contributed by atoms with van der Waals surface area (Å²) in [7, 11) is -3.76. The van der Waals surface area contributed by atoms with Crippen molar-refractivity contribution in [2.75, 3.05) is 4.72 Å². The van der Waals surface area contributed by atoms with Crippen LogP contribution >= 0.6 is 22.9 Å². The third-order valence-electron chi connectivity index (χ3n) is 2.40. The Bertz CT molecular complexity index is 728. The summed E-state index contributed by atoms with van der Waals surface area (Å²) in [6.07, 6.45) is 0. The van der Waals surface area contributed by atoms with Gasteiger partial charge in [0.15, 0.2) is 8.68 Å². The highest BCUT2D eigenvalue weighted by atomic mass is 35.5. The zero-order valence-electron chi connectivity index (χ0n) is 10.1. The van der Waals surface area contributed by atoms with E-state index in [1.165, 1.54) is 18.2 Å². The Labute approximate surface area is 119 Å². The molecule has 0 saturated carbocycles. The second-order valence-corrected chi connectivity index (χ2v) is 7.36. The van der Waals surface area contributed by atoms with E-state index in [2.05, 4.69) is 9.71 Å². The third kappa shape index (κ3) is 3.05. The molecule has 2 aromatic rings. The first-order valence-electron chi connectivity index (χ1n) is 5.21. The van der Waals surface area contributed by atoms with Crippen LogP contribution in [0.5, 0.6) is 0 Å². The van der Waals surface area contributed by atoms with Gasteiger partial charge in [0.05, 0.1) is 11.4 Å². The van der Waals surface area contributed by atoms with E-state index in [1.54, 1.807) is 13.8 Å². The topological polar surface area (TPSA) is 59.1 Å². The fourth-order valence-corrected chi connectivity index (χ4v) is 4.40. The van der Waals surface area contributed by atoms with E-state index in [4.69, 9.17) is 11.6 Å². The van der Waals surface area contributed by atoms with E-state index < -0.39 is 15.8 Å². The first kappa shape index (κ1) is 14.2. The highest BCUT2D eigenvalue weighted by molar-refractivity contribution is 7.94. The summed E-state index contributed by atoms with van der Waals surface area (Å²) in [5, 5.41) is 0. The fraction of sp³-hybridized carbons (Fsp3) is 0.182. The summed E-state index contributed by atoms with van der Waals surface area (Å²) in [5.41, 5.74) is 1.16. The summed E-state index contributed by atoms with van der Waals surface area (Å²) >= 11 is 6.57. The molecule has 0 unspecified atom stereocenters. The smallest absolute Gasteiger partial charge is 0.273 e. The Morgan fingerprint density at radius 1 is 1.37 bits per heavy atom. The first-order valence-corrected chi connectivity index (χ1v) is 7.89. The number of rotatable bonds is 3. The van der Waals surface area contributed by atoms with Gasteiger partial charge in [0, 0.05) is 0 Å². The van der Waals surface area contributed by atoms with Crippen molar-refractivity contribution in [1.29, 1.82) is 0 Å². The average molecular weight is 321 g/mol. The van der Waals surface area contributed by atoms with Gasteiger partial charge in [-0.25, -0.2) is 17.8 Å². The Hall–Kier alpha value is -1.18. The minimum atomic E-state index is -3.76. The van der Waals surface area contributed by atoms with Crippen LogP contribution in [0.3, 0.4) is 0 Å². The van der Waals surface area contributed by atoms with Crippen LogP contribution in [-0.4, -0.2) is 13.4 Å². The molecule has 2 rings (SSSR count). The number of anilines is 1. The first-order chi connectivity index (χ1) is 8.79. The lowest BCUT2D eigenvalue weighted by molar-refractivity contribution is 0.602. The summed E-state index contributed by atoms with van der Waals surface area (Å²) in [6.45, 7) is 3.18. The van der Waals surface area contributed by atoms with Gasteiger partial charge < -0.3 is 0 Å². The maximum Gasteiger partial charge on any atom is 0.273 e. The summed E-state index contributed by atoms with van der Waals surface area (Å²) in [4.78, 5) is 3.86. The third-order valence-corrected chi connectivity index (χ3v) is 5.64. The second-order valence-electron chi connectivity index (χ2n) is 3.90. The molecule has 1 N–H and O–H groups in total. The minimum Gasteiger partial charge on any atom is -0.279 e. The number of benzene rings is 1. The average Bonchev–Trinajstić information content (AvgIpc) is 2.63. The van der Waals surface area contributed by atoms with Gasteiger partial charge >= 0.3 is 0 Å². The molecule has 8 heteroatoms. The second kappa shape index (κ2) is 5.07. The number of nitrogens with zero attached hydrogens (tertiary/aromatic N) is 1. The van der Waals surface area contributed by atoms with Gasteiger partial charge in [-0.15, -0.1) is 0 Å². The molecule has 0 amide bonds. The number of aromatic nitrogens is 1. The molecular formula is C11H10ClFN2O2S2. The fourth-order valence-electron chi connectivity index (χ4n) is 1.53. The molecule has 1 heterocycles. The summed E-state index contributed by atoms with van der Waals surface area (Å²) in [5.74, 6) is -0.419. The van der Waals surface area contributed by atoms with E-state index in [9.17, 15) is 12.8 Å². The van der Waals surface area contributed by atoms with Gasteiger partial charge in [0.25, 0.3) is 10.0 Å². The Balaban J connectivity index is 2.39. The molecule has 1 aromatic carbocycles. The highest BCUT2D eigenvalue weighted by Gasteiger charge is 2.22. The van der Waals surface area contributed by atoms with Crippen LogP contribution in [0.15, 0.2) is 22.4 Å². The largest absolute Gasteiger partial charge is 0.279 e. The molecule has 0 aliphatic heterocycles. The van der Waals surface area contributed by atoms with Crippen LogP contribution < -0.4 is 4.72 Å². The van der Waals surface area contributed by atoms with Crippen molar-refractivity contribution in [3.8, 4) is 0 Å². The Morgan fingerprint density at radius 3 is 2.58 bits per heavy atom. The van der Waals surface area contributed by atoms with Gasteiger partial charge in [-0.1, -0.05) is 22.9 Å². The normalized spacial score (nSPS) is 11.6. The molecule has 19 heavy (non-hydrogen) atoms. The lowest BCUT2D eigenvalue weighted by Gasteiger charge is -2.09. The Kier molecular flexibility index (Phi) is 3.80. The van der Waals surface area contributed by atoms with E-state index in [0.29, 0.717) is 16.9 Å². The highest BCUT2D eigenvalue weighted by Crippen LogP contribution is 2.29. The number of halogens is 2. The van der Waals surface area contributed by atoms with Crippen molar-refractivity contribution in [3.63, 3.8) is 0 Å². The van der Waals surface area contributed by atoms with Gasteiger partial charge in [0.2, 0.25) is 0 Å². The number of aryl methyl sites for hydroxylation is 2. The van der Waals surface area contributed by atoms with Crippen LogP contribution in [0, 0.1) is 19.7 Å². The zero-order chi connectivity index (χ0) is 14.2. The molecule has 102 valence electrons. The van der Waals surface area contributed by atoms with Gasteiger partial charge in [-0.05, 0) is 37.6 Å². The lowest BCUT2D eigenvalue weighted by Crippen LogP contribution is -2.13. The SMILES string of the molecule is Cc1cc(F)ccc1NS(=O)(=O)c1sc(Cl)nc1C. The molecule has 0 fully saturated rings. The number of hydrogen-bond donors (Lipinski definition) is 1. The van der Waals surface area contributed by atoms with Crippen LogP contribution in [0.1, 0.15) is 11.3 Å². The zero-order valence-corrected chi connectivity index (χ0v) is 12.5. The van der Waals surface area contributed by atoms with E-state index >= 15 is 0 Å². The van der Waals surface area contributed by atoms with Crippen molar-refractivity contribution in [2.45, 2.75) is 18.1 Å². The summed E-state index contributed by atoms with van der Waals surface area (Å²) < 4.78 is 39.9. The number of sulfonamides is 1. The number of thiazole rings is 1. The van der Waals surface area contributed by atoms with E-state index in [-0.39, 0.29) is 8.68 Å². The molecule has 0 bridgehead atoms. The van der Waals surface area contributed by atoms with Crippen molar-refractivity contribution >= 4 is 38.6 Å². The Morgan fingerprint density at radius 2 is 2.05 bits per heavy atom. The lowest BCUT2D eigenvalue weighted by atomic mass is 10.2. The predicted molar refractivity (Wildman–Crippen MR) is 73.8 cm³/mol. The van der Waals surface area contributed by atoms with Crippen molar-refractivity contribution < 1.29 is 12.8 Å². The monoisotopic (exact) mass is 320 g/mol. The van der Waals surface area contributed by atoms with Crippen LogP contribution in [0.4, 0.5) is 10.1 Å². The maximum absolute atomic E-state index is 13.0. The number of hydrogen-bond acceptors (Lipinski definition) is 4. The van der Waals surface area contributed by atoms with E-state index in [0.717, 1.165) is 11.3 Å². The standard InChI is InChI=1S/C11H10ClFN2O2S2/c1-6-5-8(13)3-4-9(6)15-19(16,17)10-7(2)14-11(12)18-10/h3-5,15H,1-2H3. The van der Waals surface area contributed by atoms with Crippen LogP contribution in [-0.2, 0) is 10.0 Å². The van der Waals surface area contributed by atoms with Crippen molar-refractivity contribution in [1.82, 2.24) is 4.98 Å². The van der Waals surface area contributed by atoms with Gasteiger partial charge in [-0.2, -0.15) is 0 Å². The van der Waals surface area contributed by atoms with E-state index in [1.807, 2.05) is 0 Å². The molecular weight excluding hydrogens is 311 g/mol. The molecule has 0 aliphatic rings. The molecule has 0 radical (unpaired) electrons. The molecule has 0 saturated heterocycles. The van der Waals surface area contributed by atoms with Crippen LogP contribution in [0.25, 0.3) is 0 Å². The quantitative estimate of drug-likeness (QED) is 0.943. The minimum absolute atomic E-state index is 0.0567. The summed E-state index contributed by atoms with van der Waals surface area (Å²) in [6, 6.07) is 3.82. The van der Waals surface area contributed by atoms with Crippen molar-refractivity contribution in [2.24, 2.45) is 0 Å². The predicted octanol–water partition coefficient (Wildman–Crippen LogP) is 3.35. The molecule has 0 atom stereocenters. The molecule has 4 nitrogen and oxygen atoms in total. The van der Waals surface area contributed by atoms with Crippen LogP contribution in [0.2, 0.25) is 4.47 Å². The molecule has 0 aliphatic carbocycles.